The summed E-state index contributed by atoms with van der Waals surface area (Å²) in [7, 11) is 0. The van der Waals surface area contributed by atoms with E-state index >= 15 is 0 Å². The first-order valence-corrected chi connectivity index (χ1v) is 10.3. The molecule has 8 heteroatoms. The standard InChI is InChI=1S/C23H24F2N2O4/c24-21(25)18-2-1-3-19(12-18)27(13-15-4-6-17(7-5-15)22(28)29)23(30)31-20-14-26-10-8-16(20)9-11-26/h1-7,12,16,20-21H,8-11,13-14H2,(H,28,29)/t20-/m0/s1. The van der Waals surface area contributed by atoms with Gasteiger partial charge < -0.3 is 9.84 Å². The Labute approximate surface area is 179 Å². The molecule has 5 rings (SSSR count). The van der Waals surface area contributed by atoms with Crippen LogP contribution in [-0.2, 0) is 11.3 Å². The number of hydrogen-bond donors (Lipinski definition) is 1. The summed E-state index contributed by atoms with van der Waals surface area (Å²) in [5, 5.41) is 9.08. The van der Waals surface area contributed by atoms with Crippen LogP contribution in [-0.4, -0.2) is 47.8 Å². The quantitative estimate of drug-likeness (QED) is 0.728. The molecule has 6 nitrogen and oxygen atoms in total. The summed E-state index contributed by atoms with van der Waals surface area (Å²) in [5.41, 5.74) is 0.925. The fourth-order valence-corrected chi connectivity index (χ4v) is 4.26. The maximum absolute atomic E-state index is 13.2. The van der Waals surface area contributed by atoms with E-state index in [1.165, 1.54) is 35.2 Å². The Hall–Kier alpha value is -3.00. The molecule has 0 radical (unpaired) electrons. The first-order chi connectivity index (χ1) is 14.9. The van der Waals surface area contributed by atoms with Gasteiger partial charge in [0, 0.05) is 17.8 Å². The zero-order valence-electron chi connectivity index (χ0n) is 16.9. The number of hydrogen-bond acceptors (Lipinski definition) is 4. The number of carboxylic acids is 1. The summed E-state index contributed by atoms with van der Waals surface area (Å²) in [6, 6.07) is 11.8. The van der Waals surface area contributed by atoms with Crippen molar-refractivity contribution in [1.29, 1.82) is 0 Å². The van der Waals surface area contributed by atoms with Crippen molar-refractivity contribution < 1.29 is 28.2 Å². The SMILES string of the molecule is O=C(O)c1ccc(CN(C(=O)O[C@H]2CN3CCC2CC3)c2cccc(C(F)F)c2)cc1. The molecule has 164 valence electrons. The predicted molar refractivity (Wildman–Crippen MR) is 110 cm³/mol. The van der Waals surface area contributed by atoms with E-state index in [0.717, 1.165) is 25.9 Å². The van der Waals surface area contributed by atoms with Crippen LogP contribution >= 0.6 is 0 Å². The second-order valence-corrected chi connectivity index (χ2v) is 8.04. The van der Waals surface area contributed by atoms with Crippen molar-refractivity contribution in [1.82, 2.24) is 4.90 Å². The number of aromatic carboxylic acids is 1. The lowest BCUT2D eigenvalue weighted by Gasteiger charge is -2.44. The highest BCUT2D eigenvalue weighted by molar-refractivity contribution is 5.89. The van der Waals surface area contributed by atoms with Gasteiger partial charge in [0.25, 0.3) is 6.43 Å². The van der Waals surface area contributed by atoms with Crippen LogP contribution in [0, 0.1) is 5.92 Å². The monoisotopic (exact) mass is 430 g/mol. The third kappa shape index (κ3) is 4.85. The maximum Gasteiger partial charge on any atom is 0.414 e. The minimum absolute atomic E-state index is 0.0759. The van der Waals surface area contributed by atoms with Crippen LogP contribution in [0.15, 0.2) is 48.5 Å². The van der Waals surface area contributed by atoms with E-state index in [0.29, 0.717) is 23.7 Å². The number of anilines is 1. The maximum atomic E-state index is 13.2. The summed E-state index contributed by atoms with van der Waals surface area (Å²) in [5.74, 6) is -0.729. The molecular formula is C23H24F2N2O4. The van der Waals surface area contributed by atoms with Crippen molar-refractivity contribution in [3.63, 3.8) is 0 Å². The highest BCUT2D eigenvalue weighted by Crippen LogP contribution is 2.31. The largest absolute Gasteiger partial charge is 0.478 e. The topological polar surface area (TPSA) is 70.1 Å². The van der Waals surface area contributed by atoms with Crippen LogP contribution in [0.25, 0.3) is 0 Å². The van der Waals surface area contributed by atoms with Gasteiger partial charge >= 0.3 is 12.1 Å². The van der Waals surface area contributed by atoms with Gasteiger partial charge in [-0.05, 0) is 61.7 Å². The van der Waals surface area contributed by atoms with E-state index in [1.807, 2.05) is 0 Å². The van der Waals surface area contributed by atoms with E-state index in [1.54, 1.807) is 18.2 Å². The third-order valence-corrected chi connectivity index (χ3v) is 6.04. The van der Waals surface area contributed by atoms with Crippen molar-refractivity contribution in [2.24, 2.45) is 5.92 Å². The van der Waals surface area contributed by atoms with Gasteiger partial charge in [0.05, 0.1) is 12.1 Å². The van der Waals surface area contributed by atoms with E-state index in [9.17, 15) is 18.4 Å². The lowest BCUT2D eigenvalue weighted by atomic mass is 9.86. The molecule has 0 spiro atoms. The number of fused-ring (bicyclic) bond motifs is 3. The van der Waals surface area contributed by atoms with Gasteiger partial charge in [-0.15, -0.1) is 0 Å². The molecule has 1 amide bonds. The number of alkyl halides is 2. The number of carbonyl (C=O) groups is 2. The molecule has 2 aromatic rings. The molecule has 0 aromatic heterocycles. The van der Waals surface area contributed by atoms with E-state index in [2.05, 4.69) is 4.90 Å². The second kappa shape index (κ2) is 9.01. The fraction of sp³-hybridized carbons (Fsp3) is 0.391. The van der Waals surface area contributed by atoms with Gasteiger partial charge in [-0.1, -0.05) is 24.3 Å². The average Bonchev–Trinajstić information content (AvgIpc) is 2.78. The predicted octanol–water partition coefficient (Wildman–Crippen LogP) is 4.56. The van der Waals surface area contributed by atoms with Gasteiger partial charge in [-0.2, -0.15) is 0 Å². The van der Waals surface area contributed by atoms with Gasteiger partial charge in [-0.25, -0.2) is 18.4 Å². The molecule has 3 heterocycles. The highest BCUT2D eigenvalue weighted by atomic mass is 19.3. The normalized spacial score (nSPS) is 22.4. The molecule has 3 saturated heterocycles. The van der Waals surface area contributed by atoms with Gasteiger partial charge in [0.2, 0.25) is 0 Å². The zero-order chi connectivity index (χ0) is 22.0. The van der Waals surface area contributed by atoms with Crippen molar-refractivity contribution >= 4 is 17.7 Å². The van der Waals surface area contributed by atoms with Crippen LogP contribution in [0.2, 0.25) is 0 Å². The molecule has 0 saturated carbocycles. The molecular weight excluding hydrogens is 406 g/mol. The molecule has 3 aliphatic rings. The number of rotatable bonds is 6. The molecule has 0 aliphatic carbocycles. The molecule has 3 fully saturated rings. The number of amides is 1. The summed E-state index contributed by atoms with van der Waals surface area (Å²) >= 11 is 0. The fourth-order valence-electron chi connectivity index (χ4n) is 4.26. The summed E-state index contributed by atoms with van der Waals surface area (Å²) < 4.78 is 32.3. The Kier molecular flexibility index (Phi) is 6.18. The minimum Gasteiger partial charge on any atom is -0.478 e. The molecule has 1 N–H and O–H groups in total. The summed E-state index contributed by atoms with van der Waals surface area (Å²) in [6.45, 7) is 2.78. The number of piperidine rings is 3. The molecule has 31 heavy (non-hydrogen) atoms. The lowest BCUT2D eigenvalue weighted by molar-refractivity contribution is -0.0311. The van der Waals surface area contributed by atoms with Crippen LogP contribution < -0.4 is 4.90 Å². The van der Waals surface area contributed by atoms with Gasteiger partial charge in [0.15, 0.2) is 0 Å². The van der Waals surface area contributed by atoms with Crippen molar-refractivity contribution in [3.8, 4) is 0 Å². The van der Waals surface area contributed by atoms with E-state index < -0.39 is 18.5 Å². The smallest absolute Gasteiger partial charge is 0.414 e. The lowest BCUT2D eigenvalue weighted by Crippen LogP contribution is -2.53. The zero-order valence-corrected chi connectivity index (χ0v) is 16.9. The third-order valence-electron chi connectivity index (χ3n) is 6.04. The second-order valence-electron chi connectivity index (χ2n) is 8.04. The van der Waals surface area contributed by atoms with Crippen molar-refractivity contribution in [2.75, 3.05) is 24.5 Å². The Bertz CT molecular complexity index is 943. The van der Waals surface area contributed by atoms with E-state index in [4.69, 9.17) is 9.84 Å². The van der Waals surface area contributed by atoms with Crippen molar-refractivity contribution in [2.45, 2.75) is 31.9 Å². The minimum atomic E-state index is -2.66. The molecule has 3 aliphatic heterocycles. The van der Waals surface area contributed by atoms with Crippen molar-refractivity contribution in [3.05, 3.63) is 65.2 Å². The number of carbonyl (C=O) groups excluding carboxylic acids is 1. The molecule has 2 aromatic carbocycles. The Morgan fingerprint density at radius 3 is 2.42 bits per heavy atom. The highest BCUT2D eigenvalue weighted by Gasteiger charge is 2.37. The number of nitrogens with zero attached hydrogens (tertiary/aromatic N) is 2. The van der Waals surface area contributed by atoms with Crippen LogP contribution in [0.4, 0.5) is 19.3 Å². The van der Waals surface area contributed by atoms with Crippen LogP contribution in [0.5, 0.6) is 0 Å². The number of benzene rings is 2. The molecule has 1 atom stereocenters. The Morgan fingerprint density at radius 2 is 1.84 bits per heavy atom. The first kappa shape index (κ1) is 21.2. The number of carboxylic acid groups (broad SMARTS) is 1. The average molecular weight is 430 g/mol. The van der Waals surface area contributed by atoms with Crippen LogP contribution in [0.1, 0.15) is 40.8 Å². The number of halogens is 2. The van der Waals surface area contributed by atoms with Gasteiger partial charge in [-0.3, -0.25) is 9.80 Å². The first-order valence-electron chi connectivity index (χ1n) is 10.3. The van der Waals surface area contributed by atoms with Crippen LogP contribution in [0.3, 0.4) is 0 Å². The molecule has 0 unspecified atom stereocenters. The Balaban J connectivity index is 1.58. The Morgan fingerprint density at radius 1 is 1.13 bits per heavy atom. The number of ether oxygens (including phenoxy) is 1. The van der Waals surface area contributed by atoms with E-state index in [-0.39, 0.29) is 23.8 Å². The summed E-state index contributed by atoms with van der Waals surface area (Å²) in [4.78, 5) is 27.8. The summed E-state index contributed by atoms with van der Waals surface area (Å²) in [6.07, 6.45) is -1.50. The van der Waals surface area contributed by atoms with Gasteiger partial charge in [0.1, 0.15) is 6.10 Å². The molecule has 2 bridgehead atoms.